The third kappa shape index (κ3) is 4.79. The number of furan rings is 1. The average Bonchev–Trinajstić information content (AvgIpc) is 3.53. The van der Waals surface area contributed by atoms with Gasteiger partial charge in [-0.1, -0.05) is 54.1 Å². The second-order valence-electron chi connectivity index (χ2n) is 8.23. The van der Waals surface area contributed by atoms with E-state index in [9.17, 15) is 9.59 Å². The highest BCUT2D eigenvalue weighted by atomic mass is 35.5. The summed E-state index contributed by atoms with van der Waals surface area (Å²) in [4.78, 5) is 26.9. The monoisotopic (exact) mass is 511 g/mol. The van der Waals surface area contributed by atoms with E-state index in [2.05, 4.69) is 0 Å². The number of methoxy groups -OCH3 is 2. The van der Waals surface area contributed by atoms with Crippen molar-refractivity contribution in [3.8, 4) is 17.1 Å². The summed E-state index contributed by atoms with van der Waals surface area (Å²) < 4.78 is 16.0. The fourth-order valence-electron chi connectivity index (χ4n) is 4.11. The summed E-state index contributed by atoms with van der Waals surface area (Å²) in [6, 6.07) is 25.4. The molecule has 1 aliphatic rings. The van der Waals surface area contributed by atoms with E-state index in [0.717, 1.165) is 16.8 Å². The minimum absolute atomic E-state index is 0.208. The first kappa shape index (κ1) is 24.2. The molecule has 0 fully saturated rings. The molecule has 0 N–H and O–H groups in total. The number of halogens is 1. The first-order valence-corrected chi connectivity index (χ1v) is 11.8. The van der Waals surface area contributed by atoms with Gasteiger partial charge in [0, 0.05) is 11.1 Å². The normalized spacial score (nSPS) is 14.1. The van der Waals surface area contributed by atoms with Crippen molar-refractivity contribution < 1.29 is 23.5 Å². The number of hydrogen-bond acceptors (Lipinski definition) is 5. The van der Waals surface area contributed by atoms with Gasteiger partial charge in [-0.2, -0.15) is 0 Å². The molecule has 0 unspecified atom stereocenters. The molecule has 6 nitrogen and oxygen atoms in total. The van der Waals surface area contributed by atoms with Crippen LogP contribution >= 0.6 is 11.6 Å². The van der Waals surface area contributed by atoms with Gasteiger partial charge >= 0.3 is 5.97 Å². The summed E-state index contributed by atoms with van der Waals surface area (Å²) in [7, 11) is 2.89. The molecule has 0 saturated carbocycles. The molecule has 4 aromatic rings. The Morgan fingerprint density at radius 1 is 0.919 bits per heavy atom. The number of rotatable bonds is 6. The molecule has 0 radical (unpaired) electrons. The van der Waals surface area contributed by atoms with Gasteiger partial charge in [0.25, 0.3) is 5.91 Å². The maximum absolute atomic E-state index is 13.6. The molecule has 1 aromatic heterocycles. The van der Waals surface area contributed by atoms with Crippen LogP contribution in [0.25, 0.3) is 23.1 Å². The number of anilines is 1. The van der Waals surface area contributed by atoms with E-state index in [1.807, 2.05) is 42.5 Å². The predicted octanol–water partition coefficient (Wildman–Crippen LogP) is 6.87. The van der Waals surface area contributed by atoms with Crippen LogP contribution in [0.2, 0.25) is 5.02 Å². The van der Waals surface area contributed by atoms with Gasteiger partial charge in [0.2, 0.25) is 0 Å². The molecule has 0 spiro atoms. The Labute approximate surface area is 219 Å². The Bertz CT molecular complexity index is 1530. The van der Waals surface area contributed by atoms with E-state index in [0.29, 0.717) is 39.1 Å². The smallest absolute Gasteiger partial charge is 0.337 e. The highest BCUT2D eigenvalue weighted by molar-refractivity contribution is 6.32. The van der Waals surface area contributed by atoms with E-state index in [-0.39, 0.29) is 5.91 Å². The van der Waals surface area contributed by atoms with Gasteiger partial charge in [-0.15, -0.1) is 0 Å². The number of hydrogen-bond donors (Lipinski definition) is 0. The summed E-state index contributed by atoms with van der Waals surface area (Å²) >= 11 is 6.37. The number of carbonyl (C=O) groups excluding carboxylic acids is 2. The second-order valence-corrected chi connectivity index (χ2v) is 8.63. The van der Waals surface area contributed by atoms with Crippen LogP contribution in [0.1, 0.15) is 21.7 Å². The molecule has 2 heterocycles. The lowest BCUT2D eigenvalue weighted by molar-refractivity contribution is -0.113. The van der Waals surface area contributed by atoms with Gasteiger partial charge in [0.15, 0.2) is 0 Å². The molecule has 3 aromatic carbocycles. The van der Waals surface area contributed by atoms with Gasteiger partial charge in [-0.3, -0.25) is 9.69 Å². The first-order chi connectivity index (χ1) is 18.0. The van der Waals surface area contributed by atoms with Crippen molar-refractivity contribution in [1.29, 1.82) is 0 Å². The van der Waals surface area contributed by atoms with Crippen LogP contribution in [0.3, 0.4) is 0 Å². The van der Waals surface area contributed by atoms with Crippen LogP contribution in [0.4, 0.5) is 5.69 Å². The van der Waals surface area contributed by atoms with Gasteiger partial charge in [-0.05, 0) is 60.2 Å². The Balaban J connectivity index is 1.49. The summed E-state index contributed by atoms with van der Waals surface area (Å²) in [6.45, 7) is 0. The third-order valence-corrected chi connectivity index (χ3v) is 6.26. The SMILES string of the molecule is COC(=O)c1ccc(-c2ccc(/C=C3\C=C(c4ccccc4)N(c4ccc(OC)c(Cl)c4)C3=O)o2)cc1. The average molecular weight is 512 g/mol. The van der Waals surface area contributed by atoms with Crippen LogP contribution in [0, 0.1) is 0 Å². The maximum Gasteiger partial charge on any atom is 0.337 e. The van der Waals surface area contributed by atoms with Crippen molar-refractivity contribution in [3.05, 3.63) is 118 Å². The topological polar surface area (TPSA) is 69.0 Å². The molecule has 1 aliphatic heterocycles. The van der Waals surface area contributed by atoms with Gasteiger partial charge in [-0.25, -0.2) is 4.79 Å². The van der Waals surface area contributed by atoms with Crippen molar-refractivity contribution in [2.24, 2.45) is 0 Å². The summed E-state index contributed by atoms with van der Waals surface area (Å²) in [5.41, 5.74) is 3.95. The zero-order valence-electron chi connectivity index (χ0n) is 20.1. The van der Waals surface area contributed by atoms with E-state index >= 15 is 0 Å². The van der Waals surface area contributed by atoms with E-state index in [1.165, 1.54) is 7.11 Å². The number of esters is 1. The molecule has 1 amide bonds. The quantitative estimate of drug-likeness (QED) is 0.209. The minimum Gasteiger partial charge on any atom is -0.495 e. The Morgan fingerprint density at radius 3 is 2.35 bits per heavy atom. The van der Waals surface area contributed by atoms with Crippen LogP contribution < -0.4 is 9.64 Å². The van der Waals surface area contributed by atoms with Gasteiger partial charge < -0.3 is 13.9 Å². The van der Waals surface area contributed by atoms with Crippen LogP contribution in [0.5, 0.6) is 5.75 Å². The second kappa shape index (κ2) is 10.2. The molecule has 5 rings (SSSR count). The summed E-state index contributed by atoms with van der Waals surface area (Å²) in [5.74, 6) is 1.05. The third-order valence-electron chi connectivity index (χ3n) is 5.96. The van der Waals surface area contributed by atoms with Crippen molar-refractivity contribution in [3.63, 3.8) is 0 Å². The zero-order chi connectivity index (χ0) is 25.9. The molecule has 7 heteroatoms. The predicted molar refractivity (Wildman–Crippen MR) is 143 cm³/mol. The molecule has 0 atom stereocenters. The number of ether oxygens (including phenoxy) is 2. The fraction of sp³-hybridized carbons (Fsp3) is 0.0667. The summed E-state index contributed by atoms with van der Waals surface area (Å²) in [6.07, 6.45) is 3.55. The van der Waals surface area contributed by atoms with Crippen molar-refractivity contribution >= 4 is 40.9 Å². The molecular formula is C30H22ClNO5. The number of benzene rings is 3. The standard InChI is InChI=1S/C30H22ClNO5/c1-35-28-14-12-23(18-25(28)31)32-26(19-6-4-3-5-7-19)17-22(29(32)33)16-24-13-15-27(37-24)20-8-10-21(11-9-20)30(34)36-2/h3-18H,1-2H3/b22-16+. The lowest BCUT2D eigenvalue weighted by atomic mass is 10.1. The van der Waals surface area contributed by atoms with Crippen LogP contribution in [-0.4, -0.2) is 26.1 Å². The number of nitrogens with zero attached hydrogens (tertiary/aromatic N) is 1. The highest BCUT2D eigenvalue weighted by Gasteiger charge is 2.31. The lowest BCUT2D eigenvalue weighted by Gasteiger charge is -2.21. The van der Waals surface area contributed by atoms with E-state index < -0.39 is 5.97 Å². The number of amides is 1. The Morgan fingerprint density at radius 2 is 1.68 bits per heavy atom. The molecule has 0 aliphatic carbocycles. The van der Waals surface area contributed by atoms with Crippen LogP contribution in [-0.2, 0) is 9.53 Å². The Kier molecular flexibility index (Phi) is 6.66. The summed E-state index contributed by atoms with van der Waals surface area (Å²) in [5, 5.41) is 0.409. The van der Waals surface area contributed by atoms with Crippen LogP contribution in [0.15, 0.2) is 101 Å². The van der Waals surface area contributed by atoms with Crippen molar-refractivity contribution in [2.45, 2.75) is 0 Å². The van der Waals surface area contributed by atoms with Gasteiger partial charge in [0.05, 0.1) is 36.2 Å². The van der Waals surface area contributed by atoms with Gasteiger partial charge in [0.1, 0.15) is 17.3 Å². The van der Waals surface area contributed by atoms with Crippen molar-refractivity contribution in [2.75, 3.05) is 19.1 Å². The molecule has 37 heavy (non-hydrogen) atoms. The largest absolute Gasteiger partial charge is 0.495 e. The number of carbonyl (C=O) groups is 2. The van der Waals surface area contributed by atoms with Crippen molar-refractivity contribution in [1.82, 2.24) is 0 Å². The minimum atomic E-state index is -0.403. The maximum atomic E-state index is 13.6. The molecule has 0 saturated heterocycles. The fourth-order valence-corrected chi connectivity index (χ4v) is 4.37. The molecular weight excluding hydrogens is 490 g/mol. The molecule has 0 bridgehead atoms. The Hall–Kier alpha value is -4.55. The first-order valence-electron chi connectivity index (χ1n) is 11.4. The van der Waals surface area contributed by atoms with E-state index in [4.69, 9.17) is 25.5 Å². The highest BCUT2D eigenvalue weighted by Crippen LogP contribution is 2.38. The van der Waals surface area contributed by atoms with E-state index in [1.54, 1.807) is 66.6 Å². The zero-order valence-corrected chi connectivity index (χ0v) is 20.9. The molecule has 184 valence electrons. The lowest BCUT2D eigenvalue weighted by Crippen LogP contribution is -2.24.